The summed E-state index contributed by atoms with van der Waals surface area (Å²) in [6.07, 6.45) is 1.55. The Hall–Kier alpha value is -0.450. The van der Waals surface area contributed by atoms with E-state index in [4.69, 9.17) is 4.98 Å². The fourth-order valence-electron chi connectivity index (χ4n) is 2.07. The summed E-state index contributed by atoms with van der Waals surface area (Å²) in [5.41, 5.74) is 0.609. The minimum absolute atomic E-state index is 0.0982. The summed E-state index contributed by atoms with van der Waals surface area (Å²) >= 11 is 1.79. The largest absolute Gasteiger partial charge is 0.389 e. The van der Waals surface area contributed by atoms with Crippen molar-refractivity contribution in [1.82, 2.24) is 10.3 Å². The highest BCUT2D eigenvalue weighted by molar-refractivity contribution is 7.12. The summed E-state index contributed by atoms with van der Waals surface area (Å²) in [5, 5.41) is 15.0. The van der Waals surface area contributed by atoms with Crippen molar-refractivity contribution < 1.29 is 5.11 Å². The van der Waals surface area contributed by atoms with Gasteiger partial charge in [0.25, 0.3) is 0 Å². The Kier molecular flexibility index (Phi) is 5.76. The van der Waals surface area contributed by atoms with Crippen molar-refractivity contribution in [1.29, 1.82) is 0 Å². The van der Waals surface area contributed by atoms with Crippen LogP contribution in [0.1, 0.15) is 76.0 Å². The molecule has 0 aliphatic rings. The second kappa shape index (κ2) is 6.54. The average molecular weight is 298 g/mol. The molecule has 0 amide bonds. The normalized spacial score (nSPS) is 14.6. The number of nitrogens with zero attached hydrogens (tertiary/aromatic N) is 1. The van der Waals surface area contributed by atoms with Crippen molar-refractivity contribution in [3.63, 3.8) is 0 Å². The molecule has 1 aromatic rings. The number of hydrogen-bond acceptors (Lipinski definition) is 4. The van der Waals surface area contributed by atoms with Crippen LogP contribution in [0, 0.1) is 6.92 Å². The van der Waals surface area contributed by atoms with Gasteiger partial charge in [0, 0.05) is 22.9 Å². The molecule has 0 aliphatic heterocycles. The first-order chi connectivity index (χ1) is 9.13. The molecule has 0 radical (unpaired) electrons. The molecular formula is C16H30N2OS. The molecule has 1 rings (SSSR count). The number of hydrogen-bond donors (Lipinski definition) is 2. The topological polar surface area (TPSA) is 45.1 Å². The summed E-state index contributed by atoms with van der Waals surface area (Å²) in [6.45, 7) is 15.5. The third-order valence-corrected chi connectivity index (χ3v) is 5.69. The first-order valence-electron chi connectivity index (χ1n) is 7.56. The Balaban J connectivity index is 2.78. The van der Waals surface area contributed by atoms with Crippen molar-refractivity contribution in [3.8, 4) is 0 Å². The van der Waals surface area contributed by atoms with Crippen molar-refractivity contribution in [2.45, 2.75) is 78.4 Å². The molecule has 0 spiro atoms. The number of aromatic nitrogens is 1. The molecule has 0 aliphatic carbocycles. The van der Waals surface area contributed by atoms with E-state index in [0.717, 1.165) is 18.5 Å². The van der Waals surface area contributed by atoms with E-state index in [2.05, 4.69) is 39.9 Å². The monoisotopic (exact) mass is 298 g/mol. The molecule has 0 bridgehead atoms. The van der Waals surface area contributed by atoms with E-state index in [0.29, 0.717) is 6.54 Å². The Morgan fingerprint density at radius 3 is 2.20 bits per heavy atom. The van der Waals surface area contributed by atoms with Crippen LogP contribution in [0.3, 0.4) is 0 Å². The maximum Gasteiger partial charge on any atom is 0.0985 e. The molecule has 116 valence electrons. The highest BCUT2D eigenvalue weighted by atomic mass is 32.1. The highest BCUT2D eigenvalue weighted by Crippen LogP contribution is 2.32. The lowest BCUT2D eigenvalue weighted by atomic mass is 9.97. The van der Waals surface area contributed by atoms with E-state index in [1.54, 1.807) is 11.3 Å². The molecule has 2 N–H and O–H groups in total. The third kappa shape index (κ3) is 4.27. The van der Waals surface area contributed by atoms with Crippen LogP contribution in [-0.2, 0) is 5.41 Å². The molecule has 1 aromatic heterocycles. The molecule has 0 fully saturated rings. The fourth-order valence-corrected chi connectivity index (χ4v) is 3.22. The minimum Gasteiger partial charge on any atom is -0.389 e. The van der Waals surface area contributed by atoms with Crippen LogP contribution in [0.25, 0.3) is 0 Å². The van der Waals surface area contributed by atoms with Gasteiger partial charge in [0.2, 0.25) is 0 Å². The van der Waals surface area contributed by atoms with Gasteiger partial charge in [-0.2, -0.15) is 0 Å². The zero-order valence-electron chi connectivity index (χ0n) is 14.0. The van der Waals surface area contributed by atoms with Crippen molar-refractivity contribution in [2.24, 2.45) is 0 Å². The SMILES string of the molecule is CCC(O)(CC)CNC(C)c1sc(C(C)(C)C)nc1C. The Bertz CT molecular complexity index is 430. The first-order valence-corrected chi connectivity index (χ1v) is 8.38. The number of aryl methyl sites for hydroxylation is 1. The van der Waals surface area contributed by atoms with Gasteiger partial charge < -0.3 is 10.4 Å². The first kappa shape index (κ1) is 17.6. The van der Waals surface area contributed by atoms with Crippen LogP contribution in [-0.4, -0.2) is 22.2 Å². The molecule has 4 heteroatoms. The number of thiazole rings is 1. The van der Waals surface area contributed by atoms with Gasteiger partial charge in [0.05, 0.1) is 16.3 Å². The van der Waals surface area contributed by atoms with E-state index in [1.807, 2.05) is 13.8 Å². The van der Waals surface area contributed by atoms with Crippen LogP contribution in [0.2, 0.25) is 0 Å². The lowest BCUT2D eigenvalue weighted by Gasteiger charge is -2.27. The van der Waals surface area contributed by atoms with E-state index < -0.39 is 5.60 Å². The second-order valence-electron chi connectivity index (χ2n) is 6.75. The number of rotatable bonds is 6. The van der Waals surface area contributed by atoms with Gasteiger partial charge in [-0.1, -0.05) is 34.6 Å². The Morgan fingerprint density at radius 1 is 1.25 bits per heavy atom. The minimum atomic E-state index is -0.598. The lowest BCUT2D eigenvalue weighted by molar-refractivity contribution is 0.0304. The average Bonchev–Trinajstić information content (AvgIpc) is 2.77. The third-order valence-electron chi connectivity index (χ3n) is 3.92. The highest BCUT2D eigenvalue weighted by Gasteiger charge is 2.25. The van der Waals surface area contributed by atoms with Crippen LogP contribution < -0.4 is 5.32 Å². The summed E-state index contributed by atoms with van der Waals surface area (Å²) in [4.78, 5) is 5.99. The predicted molar refractivity (Wildman–Crippen MR) is 87.5 cm³/mol. The molecular weight excluding hydrogens is 268 g/mol. The molecule has 1 heterocycles. The standard InChI is InChI=1S/C16H30N2OS/c1-8-16(19,9-2)10-17-11(3)13-12(4)18-14(20-13)15(5,6)7/h11,17,19H,8-10H2,1-7H3. The summed E-state index contributed by atoms with van der Waals surface area (Å²) in [7, 11) is 0. The molecule has 0 saturated heterocycles. The lowest BCUT2D eigenvalue weighted by Crippen LogP contribution is -2.40. The molecule has 0 saturated carbocycles. The molecule has 0 aromatic carbocycles. The van der Waals surface area contributed by atoms with Crippen LogP contribution in [0.5, 0.6) is 0 Å². The van der Waals surface area contributed by atoms with Crippen molar-refractivity contribution >= 4 is 11.3 Å². The van der Waals surface area contributed by atoms with E-state index in [1.165, 1.54) is 9.88 Å². The quantitative estimate of drug-likeness (QED) is 0.836. The predicted octanol–water partition coefficient (Wildman–Crippen LogP) is 3.95. The molecule has 1 unspecified atom stereocenters. The number of nitrogens with one attached hydrogen (secondary N) is 1. The zero-order chi connectivity index (χ0) is 15.6. The second-order valence-corrected chi connectivity index (χ2v) is 7.78. The van der Waals surface area contributed by atoms with E-state index >= 15 is 0 Å². The van der Waals surface area contributed by atoms with Crippen LogP contribution >= 0.6 is 11.3 Å². The van der Waals surface area contributed by atoms with Crippen LogP contribution in [0.15, 0.2) is 0 Å². The molecule has 20 heavy (non-hydrogen) atoms. The maximum atomic E-state index is 10.4. The van der Waals surface area contributed by atoms with Gasteiger partial charge in [-0.05, 0) is 26.7 Å². The van der Waals surface area contributed by atoms with E-state index in [-0.39, 0.29) is 11.5 Å². The van der Waals surface area contributed by atoms with Gasteiger partial charge >= 0.3 is 0 Å². The summed E-state index contributed by atoms with van der Waals surface area (Å²) < 4.78 is 0. The maximum absolute atomic E-state index is 10.4. The smallest absolute Gasteiger partial charge is 0.0985 e. The Labute approximate surface area is 127 Å². The van der Waals surface area contributed by atoms with Gasteiger partial charge in [-0.3, -0.25) is 0 Å². The fraction of sp³-hybridized carbons (Fsp3) is 0.812. The van der Waals surface area contributed by atoms with Crippen LogP contribution in [0.4, 0.5) is 0 Å². The molecule has 3 nitrogen and oxygen atoms in total. The Morgan fingerprint density at radius 2 is 1.80 bits per heavy atom. The zero-order valence-corrected chi connectivity index (χ0v) is 14.8. The van der Waals surface area contributed by atoms with Gasteiger partial charge in [-0.25, -0.2) is 4.98 Å². The van der Waals surface area contributed by atoms with Crippen molar-refractivity contribution in [3.05, 3.63) is 15.6 Å². The van der Waals surface area contributed by atoms with Crippen molar-refractivity contribution in [2.75, 3.05) is 6.54 Å². The summed E-state index contributed by atoms with van der Waals surface area (Å²) in [5.74, 6) is 0. The van der Waals surface area contributed by atoms with Gasteiger partial charge in [0.1, 0.15) is 0 Å². The summed E-state index contributed by atoms with van der Waals surface area (Å²) in [6, 6.07) is 0.230. The van der Waals surface area contributed by atoms with Gasteiger partial charge in [0.15, 0.2) is 0 Å². The van der Waals surface area contributed by atoms with Gasteiger partial charge in [-0.15, -0.1) is 11.3 Å². The number of aliphatic hydroxyl groups is 1. The van der Waals surface area contributed by atoms with E-state index in [9.17, 15) is 5.11 Å². The molecule has 1 atom stereocenters.